The summed E-state index contributed by atoms with van der Waals surface area (Å²) in [7, 11) is 1.61. The lowest BCUT2D eigenvalue weighted by atomic mass is 9.90. The molecule has 1 aromatic rings. The van der Waals surface area contributed by atoms with Gasteiger partial charge in [0.15, 0.2) is 0 Å². The summed E-state index contributed by atoms with van der Waals surface area (Å²) in [5.41, 5.74) is 1.76. The maximum absolute atomic E-state index is 12.6. The largest absolute Gasteiger partial charge is 0.481 e. The summed E-state index contributed by atoms with van der Waals surface area (Å²) in [4.78, 5) is 18.5. The monoisotopic (exact) mass is 332 g/mol. The maximum Gasteiger partial charge on any atom is 0.411 e. The van der Waals surface area contributed by atoms with Gasteiger partial charge in [-0.25, -0.2) is 9.78 Å². The van der Waals surface area contributed by atoms with Gasteiger partial charge in [-0.05, 0) is 44.4 Å². The van der Waals surface area contributed by atoms with Crippen LogP contribution in [0.4, 0.5) is 4.79 Å². The molecule has 1 saturated heterocycles. The molecule has 0 aromatic carbocycles. The Morgan fingerprint density at radius 1 is 1.38 bits per heavy atom. The summed E-state index contributed by atoms with van der Waals surface area (Å²) in [6.45, 7) is 6.65. The highest BCUT2D eigenvalue weighted by molar-refractivity contribution is 5.75. The Labute approximate surface area is 142 Å². The highest BCUT2D eigenvalue weighted by Gasteiger charge is 2.40. The molecule has 2 atom stereocenters. The zero-order valence-corrected chi connectivity index (χ0v) is 14.6. The molecule has 6 nitrogen and oxygen atoms in total. The molecule has 0 spiro atoms. The van der Waals surface area contributed by atoms with Crippen LogP contribution in [0.3, 0.4) is 0 Å². The summed E-state index contributed by atoms with van der Waals surface area (Å²) in [5, 5.41) is 0. The SMILES string of the molecule is COc1cc(C2=CC3COCC(C2)N3C(=O)OC(C)(C)C)ccn1. The van der Waals surface area contributed by atoms with Gasteiger partial charge in [0.05, 0.1) is 32.4 Å². The van der Waals surface area contributed by atoms with E-state index in [0.717, 1.165) is 12.0 Å². The third-order valence-electron chi connectivity index (χ3n) is 4.12. The summed E-state index contributed by atoms with van der Waals surface area (Å²) in [6, 6.07) is 3.76. The van der Waals surface area contributed by atoms with E-state index in [1.54, 1.807) is 13.3 Å². The Morgan fingerprint density at radius 3 is 2.83 bits per heavy atom. The summed E-state index contributed by atoms with van der Waals surface area (Å²) in [5.74, 6) is 0.587. The first-order valence-corrected chi connectivity index (χ1v) is 8.17. The second-order valence-corrected chi connectivity index (χ2v) is 7.13. The van der Waals surface area contributed by atoms with E-state index in [4.69, 9.17) is 14.2 Å². The van der Waals surface area contributed by atoms with Crippen molar-refractivity contribution in [2.75, 3.05) is 20.3 Å². The molecule has 2 bridgehead atoms. The Balaban J connectivity index is 1.85. The minimum absolute atomic E-state index is 0.0160. The van der Waals surface area contributed by atoms with E-state index in [2.05, 4.69) is 11.1 Å². The van der Waals surface area contributed by atoms with E-state index < -0.39 is 5.60 Å². The first-order valence-electron chi connectivity index (χ1n) is 8.17. The molecule has 2 aliphatic rings. The normalized spacial score (nSPS) is 23.5. The van der Waals surface area contributed by atoms with E-state index in [1.165, 1.54) is 5.57 Å². The van der Waals surface area contributed by atoms with Crippen LogP contribution < -0.4 is 4.74 Å². The van der Waals surface area contributed by atoms with Crippen LogP contribution in [0.15, 0.2) is 24.4 Å². The van der Waals surface area contributed by atoms with Crippen molar-refractivity contribution in [2.24, 2.45) is 0 Å². The lowest BCUT2D eigenvalue weighted by Gasteiger charge is -2.44. The van der Waals surface area contributed by atoms with Crippen LogP contribution >= 0.6 is 0 Å². The van der Waals surface area contributed by atoms with Crippen LogP contribution in [-0.2, 0) is 9.47 Å². The number of hydrogen-bond acceptors (Lipinski definition) is 5. The lowest BCUT2D eigenvalue weighted by Crippen LogP contribution is -2.57. The standard InChI is InChI=1S/C18H24N2O4/c1-18(2,3)24-17(21)20-14-7-13(8-15(20)11-23-10-14)12-5-6-19-16(9-12)22-4/h5-7,9,14-15H,8,10-11H2,1-4H3. The molecule has 6 heteroatoms. The number of carbonyl (C=O) groups is 1. The number of methoxy groups -OCH3 is 1. The molecule has 2 unspecified atom stereocenters. The van der Waals surface area contributed by atoms with Crippen LogP contribution in [0.1, 0.15) is 32.8 Å². The number of ether oxygens (including phenoxy) is 3. The number of nitrogens with zero attached hydrogens (tertiary/aromatic N) is 2. The van der Waals surface area contributed by atoms with Crippen molar-refractivity contribution in [1.82, 2.24) is 9.88 Å². The summed E-state index contributed by atoms with van der Waals surface area (Å²) in [6.07, 6.45) is 4.28. The lowest BCUT2D eigenvalue weighted by molar-refractivity contribution is -0.0510. The third kappa shape index (κ3) is 3.53. The number of morpholine rings is 1. The van der Waals surface area contributed by atoms with E-state index >= 15 is 0 Å². The van der Waals surface area contributed by atoms with E-state index in [9.17, 15) is 4.79 Å². The number of carbonyl (C=O) groups excluding carboxylic acids is 1. The van der Waals surface area contributed by atoms with Gasteiger partial charge in [0, 0.05) is 12.3 Å². The number of rotatable bonds is 2. The van der Waals surface area contributed by atoms with Gasteiger partial charge in [0.2, 0.25) is 5.88 Å². The van der Waals surface area contributed by atoms with Crippen molar-refractivity contribution in [3.05, 3.63) is 30.0 Å². The minimum atomic E-state index is -0.505. The van der Waals surface area contributed by atoms with Gasteiger partial charge in [-0.15, -0.1) is 0 Å². The Hall–Kier alpha value is -2.08. The van der Waals surface area contributed by atoms with Crippen molar-refractivity contribution in [1.29, 1.82) is 0 Å². The number of hydrogen-bond donors (Lipinski definition) is 0. The molecule has 0 saturated carbocycles. The van der Waals surface area contributed by atoms with E-state index in [1.807, 2.05) is 37.8 Å². The number of fused-ring (bicyclic) bond motifs is 2. The predicted molar refractivity (Wildman–Crippen MR) is 89.9 cm³/mol. The van der Waals surface area contributed by atoms with Crippen molar-refractivity contribution in [3.8, 4) is 5.88 Å². The molecular weight excluding hydrogens is 308 g/mol. The second-order valence-electron chi connectivity index (χ2n) is 7.13. The summed E-state index contributed by atoms with van der Waals surface area (Å²) >= 11 is 0. The Kier molecular flexibility index (Phi) is 4.49. The molecule has 1 aromatic heterocycles. The van der Waals surface area contributed by atoms with Crippen molar-refractivity contribution >= 4 is 11.7 Å². The van der Waals surface area contributed by atoms with E-state index in [0.29, 0.717) is 19.1 Å². The van der Waals surface area contributed by atoms with Gasteiger partial charge < -0.3 is 14.2 Å². The van der Waals surface area contributed by atoms with Gasteiger partial charge in [0.1, 0.15) is 5.60 Å². The topological polar surface area (TPSA) is 60.9 Å². The van der Waals surface area contributed by atoms with Crippen LogP contribution in [0.25, 0.3) is 5.57 Å². The Bertz CT molecular complexity index is 651. The third-order valence-corrected chi connectivity index (χ3v) is 4.12. The van der Waals surface area contributed by atoms with Crippen LogP contribution in [0.2, 0.25) is 0 Å². The van der Waals surface area contributed by atoms with Gasteiger partial charge in [-0.1, -0.05) is 6.08 Å². The Morgan fingerprint density at radius 2 is 2.17 bits per heavy atom. The summed E-state index contributed by atoms with van der Waals surface area (Å²) < 4.78 is 16.4. The fraction of sp³-hybridized carbons (Fsp3) is 0.556. The fourth-order valence-electron chi connectivity index (χ4n) is 3.13. The molecule has 3 rings (SSSR count). The molecule has 0 aliphatic carbocycles. The highest BCUT2D eigenvalue weighted by atomic mass is 16.6. The van der Waals surface area contributed by atoms with Crippen molar-refractivity contribution < 1.29 is 19.0 Å². The average Bonchev–Trinajstić information content (AvgIpc) is 2.52. The van der Waals surface area contributed by atoms with E-state index in [-0.39, 0.29) is 18.2 Å². The number of amides is 1. The predicted octanol–water partition coefficient (Wildman–Crippen LogP) is 2.88. The molecule has 130 valence electrons. The highest BCUT2D eigenvalue weighted by Crippen LogP contribution is 2.34. The van der Waals surface area contributed by atoms with Crippen LogP contribution in [-0.4, -0.2) is 54.0 Å². The zero-order valence-electron chi connectivity index (χ0n) is 14.6. The second kappa shape index (κ2) is 6.43. The number of aromatic nitrogens is 1. The van der Waals surface area contributed by atoms with Crippen LogP contribution in [0, 0.1) is 0 Å². The molecule has 2 aliphatic heterocycles. The van der Waals surface area contributed by atoms with Crippen molar-refractivity contribution in [3.63, 3.8) is 0 Å². The maximum atomic E-state index is 12.6. The molecule has 24 heavy (non-hydrogen) atoms. The van der Waals surface area contributed by atoms with Gasteiger partial charge in [-0.3, -0.25) is 4.90 Å². The average molecular weight is 332 g/mol. The first kappa shape index (κ1) is 16.8. The quantitative estimate of drug-likeness (QED) is 0.833. The first-order chi connectivity index (χ1) is 11.4. The zero-order chi connectivity index (χ0) is 17.3. The van der Waals surface area contributed by atoms with Crippen molar-refractivity contribution in [2.45, 2.75) is 44.9 Å². The molecule has 3 heterocycles. The van der Waals surface area contributed by atoms with Gasteiger partial charge in [-0.2, -0.15) is 0 Å². The van der Waals surface area contributed by atoms with Gasteiger partial charge in [0.25, 0.3) is 0 Å². The molecule has 0 radical (unpaired) electrons. The smallest absolute Gasteiger partial charge is 0.411 e. The van der Waals surface area contributed by atoms with Crippen LogP contribution in [0.5, 0.6) is 5.88 Å². The van der Waals surface area contributed by atoms with Gasteiger partial charge >= 0.3 is 6.09 Å². The molecule has 0 N–H and O–H groups in total. The molecule has 1 amide bonds. The molecule has 1 fully saturated rings. The number of pyridine rings is 1. The molecular formula is C18H24N2O4. The minimum Gasteiger partial charge on any atom is -0.481 e. The fourth-order valence-corrected chi connectivity index (χ4v) is 3.13.